The number of aryl methyl sites for hydroxylation is 1. The maximum absolute atomic E-state index is 11.9. The van der Waals surface area contributed by atoms with E-state index < -0.39 is 0 Å². The fraction of sp³-hybridized carbons (Fsp3) is 0.588. The molecule has 1 aromatic rings. The van der Waals surface area contributed by atoms with Gasteiger partial charge in [-0.15, -0.1) is 0 Å². The Hall–Kier alpha value is -1.39. The van der Waals surface area contributed by atoms with Gasteiger partial charge in [-0.05, 0) is 51.8 Å². The number of nitrogens with one attached hydrogen (secondary N) is 3. The van der Waals surface area contributed by atoms with Crippen molar-refractivity contribution in [3.63, 3.8) is 0 Å². The zero-order valence-corrected chi connectivity index (χ0v) is 13.1. The summed E-state index contributed by atoms with van der Waals surface area (Å²) < 4.78 is 0. The second-order valence-corrected chi connectivity index (χ2v) is 6.01. The lowest BCUT2D eigenvalue weighted by atomic mass is 10.1. The molecule has 0 bridgehead atoms. The molecule has 4 nitrogen and oxygen atoms in total. The van der Waals surface area contributed by atoms with Crippen LogP contribution in [0, 0.1) is 6.92 Å². The van der Waals surface area contributed by atoms with Crippen LogP contribution < -0.4 is 16.0 Å². The molecule has 1 fully saturated rings. The van der Waals surface area contributed by atoms with Gasteiger partial charge in [0.2, 0.25) is 0 Å². The van der Waals surface area contributed by atoms with Crippen LogP contribution in [0.1, 0.15) is 42.1 Å². The molecule has 1 aliphatic rings. The van der Waals surface area contributed by atoms with E-state index >= 15 is 0 Å². The molecule has 1 aromatic carbocycles. The summed E-state index contributed by atoms with van der Waals surface area (Å²) in [5.74, 6) is 0.00177. The molecule has 1 saturated heterocycles. The van der Waals surface area contributed by atoms with E-state index in [0.717, 1.165) is 25.1 Å². The topological polar surface area (TPSA) is 53.2 Å². The van der Waals surface area contributed by atoms with E-state index in [0.29, 0.717) is 18.6 Å². The molecular formula is C17H27N3O. The largest absolute Gasteiger partial charge is 0.351 e. The Morgan fingerprint density at radius 1 is 1.33 bits per heavy atom. The number of carbonyl (C=O) groups is 1. The Balaban J connectivity index is 1.60. The van der Waals surface area contributed by atoms with Gasteiger partial charge in [-0.3, -0.25) is 4.79 Å². The van der Waals surface area contributed by atoms with Gasteiger partial charge in [0, 0.05) is 30.7 Å². The van der Waals surface area contributed by atoms with Crippen LogP contribution in [0.15, 0.2) is 24.3 Å². The van der Waals surface area contributed by atoms with Crippen molar-refractivity contribution >= 4 is 5.91 Å². The number of hydrogen-bond acceptors (Lipinski definition) is 3. The molecule has 2 unspecified atom stereocenters. The van der Waals surface area contributed by atoms with Crippen molar-refractivity contribution in [3.8, 4) is 0 Å². The molecule has 0 radical (unpaired) electrons. The predicted octanol–water partition coefficient (Wildman–Crippen LogP) is 1.85. The Bertz CT molecular complexity index is 438. The van der Waals surface area contributed by atoms with Crippen LogP contribution in [0.5, 0.6) is 0 Å². The van der Waals surface area contributed by atoms with Gasteiger partial charge in [-0.1, -0.05) is 17.7 Å². The van der Waals surface area contributed by atoms with Crippen LogP contribution in [0.2, 0.25) is 0 Å². The normalized spacial score (nSPS) is 19.4. The van der Waals surface area contributed by atoms with E-state index in [4.69, 9.17) is 0 Å². The predicted molar refractivity (Wildman–Crippen MR) is 86.6 cm³/mol. The summed E-state index contributed by atoms with van der Waals surface area (Å²) in [5.41, 5.74) is 1.89. The number of benzene rings is 1. The Morgan fingerprint density at radius 2 is 2.10 bits per heavy atom. The van der Waals surface area contributed by atoms with E-state index in [1.54, 1.807) is 0 Å². The maximum atomic E-state index is 11.9. The SMILES string of the molecule is Cc1ccc(C(=O)NCCNC(C)CC2CCCN2)cc1. The Kier molecular flexibility index (Phi) is 6.21. The minimum absolute atomic E-state index is 0.00177. The smallest absolute Gasteiger partial charge is 0.251 e. The van der Waals surface area contributed by atoms with Crippen molar-refractivity contribution in [2.24, 2.45) is 0 Å². The summed E-state index contributed by atoms with van der Waals surface area (Å²) in [5, 5.41) is 9.93. The molecule has 116 valence electrons. The summed E-state index contributed by atoms with van der Waals surface area (Å²) in [7, 11) is 0. The second kappa shape index (κ2) is 8.15. The fourth-order valence-corrected chi connectivity index (χ4v) is 2.77. The third-order valence-corrected chi connectivity index (χ3v) is 4.02. The lowest BCUT2D eigenvalue weighted by molar-refractivity contribution is 0.0953. The minimum atomic E-state index is 0.00177. The first-order valence-electron chi connectivity index (χ1n) is 7.97. The zero-order valence-electron chi connectivity index (χ0n) is 13.1. The third kappa shape index (κ3) is 5.48. The van der Waals surface area contributed by atoms with Crippen molar-refractivity contribution in [2.75, 3.05) is 19.6 Å². The third-order valence-electron chi connectivity index (χ3n) is 4.02. The summed E-state index contributed by atoms with van der Waals surface area (Å²) in [6.45, 7) is 6.86. The second-order valence-electron chi connectivity index (χ2n) is 6.01. The number of rotatable bonds is 7. The molecule has 4 heteroatoms. The van der Waals surface area contributed by atoms with Crippen molar-refractivity contribution < 1.29 is 4.79 Å². The van der Waals surface area contributed by atoms with Crippen LogP contribution >= 0.6 is 0 Å². The van der Waals surface area contributed by atoms with E-state index in [-0.39, 0.29) is 5.91 Å². The first kappa shape index (κ1) is 16.0. The van der Waals surface area contributed by atoms with Crippen LogP contribution in [-0.4, -0.2) is 37.6 Å². The summed E-state index contributed by atoms with van der Waals surface area (Å²) in [4.78, 5) is 11.9. The average Bonchev–Trinajstić information content (AvgIpc) is 2.97. The van der Waals surface area contributed by atoms with Crippen molar-refractivity contribution in [2.45, 2.75) is 45.2 Å². The molecule has 21 heavy (non-hydrogen) atoms. The highest BCUT2D eigenvalue weighted by Crippen LogP contribution is 2.10. The molecule has 3 N–H and O–H groups in total. The Labute approximate surface area is 127 Å². The minimum Gasteiger partial charge on any atom is -0.351 e. The monoisotopic (exact) mass is 289 g/mol. The lowest BCUT2D eigenvalue weighted by Crippen LogP contribution is -2.38. The molecule has 1 amide bonds. The molecule has 0 aliphatic carbocycles. The molecule has 2 rings (SSSR count). The quantitative estimate of drug-likeness (QED) is 0.671. The van der Waals surface area contributed by atoms with Crippen LogP contribution in [0.3, 0.4) is 0 Å². The molecule has 1 aliphatic heterocycles. The van der Waals surface area contributed by atoms with Gasteiger partial charge in [-0.2, -0.15) is 0 Å². The number of amides is 1. The van der Waals surface area contributed by atoms with Gasteiger partial charge >= 0.3 is 0 Å². The highest BCUT2D eigenvalue weighted by Gasteiger charge is 2.16. The highest BCUT2D eigenvalue weighted by atomic mass is 16.1. The van der Waals surface area contributed by atoms with E-state index in [2.05, 4.69) is 22.9 Å². The van der Waals surface area contributed by atoms with Crippen LogP contribution in [0.25, 0.3) is 0 Å². The van der Waals surface area contributed by atoms with Crippen LogP contribution in [-0.2, 0) is 0 Å². The lowest BCUT2D eigenvalue weighted by Gasteiger charge is -2.18. The molecule has 0 spiro atoms. The molecule has 0 aromatic heterocycles. The standard InChI is InChI=1S/C17H27N3O/c1-13-5-7-15(8-6-13)17(21)20-11-10-18-14(2)12-16-4-3-9-19-16/h5-8,14,16,18-19H,3-4,9-12H2,1-2H3,(H,20,21). The molecular weight excluding hydrogens is 262 g/mol. The average molecular weight is 289 g/mol. The van der Waals surface area contributed by atoms with Gasteiger partial charge in [0.15, 0.2) is 0 Å². The maximum Gasteiger partial charge on any atom is 0.251 e. The molecule has 1 heterocycles. The van der Waals surface area contributed by atoms with Crippen LogP contribution in [0.4, 0.5) is 0 Å². The van der Waals surface area contributed by atoms with Crippen molar-refractivity contribution in [3.05, 3.63) is 35.4 Å². The molecule has 2 atom stereocenters. The van der Waals surface area contributed by atoms with Gasteiger partial charge < -0.3 is 16.0 Å². The first-order chi connectivity index (χ1) is 10.1. The van der Waals surface area contributed by atoms with Crippen molar-refractivity contribution in [1.29, 1.82) is 0 Å². The summed E-state index contributed by atoms with van der Waals surface area (Å²) in [6, 6.07) is 8.80. The summed E-state index contributed by atoms with van der Waals surface area (Å²) >= 11 is 0. The van der Waals surface area contributed by atoms with Gasteiger partial charge in [0.25, 0.3) is 5.91 Å². The van der Waals surface area contributed by atoms with Gasteiger partial charge in [0.1, 0.15) is 0 Å². The van der Waals surface area contributed by atoms with E-state index in [9.17, 15) is 4.79 Å². The first-order valence-corrected chi connectivity index (χ1v) is 7.97. The number of hydrogen-bond donors (Lipinski definition) is 3. The van der Waals surface area contributed by atoms with E-state index in [1.165, 1.54) is 18.4 Å². The van der Waals surface area contributed by atoms with Gasteiger partial charge in [-0.25, -0.2) is 0 Å². The van der Waals surface area contributed by atoms with Gasteiger partial charge in [0.05, 0.1) is 0 Å². The zero-order chi connectivity index (χ0) is 15.1. The number of carbonyl (C=O) groups excluding carboxylic acids is 1. The van der Waals surface area contributed by atoms with E-state index in [1.807, 2.05) is 31.2 Å². The fourth-order valence-electron chi connectivity index (χ4n) is 2.77. The Morgan fingerprint density at radius 3 is 2.76 bits per heavy atom. The molecule has 0 saturated carbocycles. The van der Waals surface area contributed by atoms with Crippen molar-refractivity contribution in [1.82, 2.24) is 16.0 Å². The summed E-state index contributed by atoms with van der Waals surface area (Å²) in [6.07, 6.45) is 3.74. The highest BCUT2D eigenvalue weighted by molar-refractivity contribution is 5.94.